The predicted octanol–water partition coefficient (Wildman–Crippen LogP) is -1.40. The summed E-state index contributed by atoms with van der Waals surface area (Å²) in [7, 11) is 0. The van der Waals surface area contributed by atoms with Crippen LogP contribution in [0.3, 0.4) is 0 Å². The van der Waals surface area contributed by atoms with Crippen molar-refractivity contribution < 1.29 is 29.5 Å². The molecule has 0 fully saturated rings. The maximum absolute atomic E-state index is 10.3. The topological polar surface area (TPSA) is 52.3 Å². The second-order valence-electron chi connectivity index (χ2n) is 1.17. The molecular weight excluding hydrogens is 350 g/mol. The van der Waals surface area contributed by atoms with E-state index in [9.17, 15) is 4.79 Å². The van der Waals surface area contributed by atoms with Gasteiger partial charge in [-0.15, -0.1) is 0 Å². The van der Waals surface area contributed by atoms with Crippen molar-refractivity contribution in [2.75, 3.05) is 5.75 Å². The Kier molecular flexibility index (Phi) is 12.6. The summed E-state index contributed by atoms with van der Waals surface area (Å²) in [5.74, 6) is -0.124. The molecule has 54 valence electrons. The van der Waals surface area contributed by atoms with Gasteiger partial charge in [-0.1, -0.05) is 0 Å². The van der Waals surface area contributed by atoms with Crippen LogP contribution in [0.15, 0.2) is 0 Å². The third-order valence-electron chi connectivity index (χ3n) is 0.560. The molecule has 0 aromatic rings. The van der Waals surface area contributed by atoms with Crippen LogP contribution in [0.2, 0.25) is 0 Å². The first-order valence-electron chi connectivity index (χ1n) is 1.88. The summed E-state index contributed by atoms with van der Waals surface area (Å²) in [4.78, 5) is 10.3. The molecule has 0 aliphatic heterocycles. The molecule has 3 nitrogen and oxygen atoms in total. The normalized spacial score (nSPS) is 11.6. The summed E-state index contributed by atoms with van der Waals surface area (Å²) in [6.45, 7) is 0. The maximum atomic E-state index is 10.3. The molecule has 1 atom stereocenters. The van der Waals surface area contributed by atoms with Gasteiger partial charge in [-0.3, -0.25) is 0 Å². The molecule has 0 spiro atoms. The summed E-state index contributed by atoms with van der Waals surface area (Å²) < 4.78 is 4.23. The van der Waals surface area contributed by atoms with E-state index in [-0.39, 0.29) is 51.4 Å². The molecule has 0 aliphatic rings. The van der Waals surface area contributed by atoms with E-state index in [1.54, 1.807) is 21.5 Å². The van der Waals surface area contributed by atoms with Crippen molar-refractivity contribution in [1.82, 2.24) is 0 Å². The summed E-state index contributed by atoms with van der Waals surface area (Å²) >= 11 is 5.43. The average molecular weight is 357 g/mol. The van der Waals surface area contributed by atoms with E-state index in [4.69, 9.17) is 5.73 Å². The van der Waals surface area contributed by atoms with Crippen LogP contribution in [0.25, 0.3) is 0 Å². The van der Waals surface area contributed by atoms with E-state index in [0.717, 1.165) is 0 Å². The Hall–Kier alpha value is 2.16. The van der Waals surface area contributed by atoms with Gasteiger partial charge in [-0.05, 0) is 0 Å². The Morgan fingerprint density at radius 3 is 2.44 bits per heavy atom. The molecule has 2 N–H and O–H groups in total. The first kappa shape index (κ1) is 13.7. The number of nitrogens with two attached hydrogens (primary N) is 1. The van der Waals surface area contributed by atoms with E-state index < -0.39 is 12.0 Å². The van der Waals surface area contributed by atoms with Crippen LogP contribution in [0.4, 0.5) is 0 Å². The first-order valence-corrected chi connectivity index (χ1v) is 3.39. The van der Waals surface area contributed by atoms with Gasteiger partial charge in [-0.2, -0.15) is 0 Å². The van der Waals surface area contributed by atoms with Gasteiger partial charge < -0.3 is 0 Å². The van der Waals surface area contributed by atoms with Gasteiger partial charge in [0.15, 0.2) is 0 Å². The quantitative estimate of drug-likeness (QED) is 0.472. The zero-order valence-corrected chi connectivity index (χ0v) is 6.99. The van der Waals surface area contributed by atoms with E-state index in [2.05, 4.69) is 15.9 Å². The van der Waals surface area contributed by atoms with E-state index >= 15 is 0 Å². The van der Waals surface area contributed by atoms with Gasteiger partial charge in [0.05, 0.1) is 0 Å². The second kappa shape index (κ2) is 8.26. The van der Waals surface area contributed by atoms with Gasteiger partial charge in [-0.25, -0.2) is 0 Å². The zero-order valence-electron chi connectivity index (χ0n) is 3.93. The summed E-state index contributed by atoms with van der Waals surface area (Å²) in [5.41, 5.74) is 5.17. The average Bonchev–Trinajstić information content (AvgIpc) is 1.84. The van der Waals surface area contributed by atoms with Crippen LogP contribution in [-0.4, -0.2) is 69.1 Å². The molecular formula is C3H7AuKNO2S. The molecule has 0 aromatic heterocycles. The first-order chi connectivity index (χ1) is 3.72. The standard InChI is InChI=1S/C3H7NO2S.Au.K.H/c4-2(1-7)3(5)6;;;/h2,7H,1,4H2,(H,5,6);;;/q;+1;;/p-1/t2-;;;/m0.../s1. The molecule has 0 heterocycles. The van der Waals surface area contributed by atoms with Crippen molar-refractivity contribution in [2.24, 2.45) is 5.73 Å². The summed E-state index contributed by atoms with van der Waals surface area (Å²) in [6, 6.07) is -0.594. The van der Waals surface area contributed by atoms with Crippen molar-refractivity contribution in [2.45, 2.75) is 6.04 Å². The minimum absolute atomic E-state index is 0. The van der Waals surface area contributed by atoms with E-state index in [0.29, 0.717) is 5.75 Å². The van der Waals surface area contributed by atoms with Crippen molar-refractivity contribution in [3.05, 3.63) is 0 Å². The molecule has 0 unspecified atom stereocenters. The van der Waals surface area contributed by atoms with Gasteiger partial charge in [0.25, 0.3) is 0 Å². The number of hydrogen-bond donors (Lipinski definition) is 2. The fraction of sp³-hybridized carbons (Fsp3) is 0.667. The van der Waals surface area contributed by atoms with Crippen LogP contribution in [-0.2, 0) is 29.5 Å². The third kappa shape index (κ3) is 6.55. The van der Waals surface area contributed by atoms with Crippen LogP contribution in [0, 0.1) is 0 Å². The minimum atomic E-state index is -0.594. The summed E-state index contributed by atoms with van der Waals surface area (Å²) in [5, 5.41) is 0. The summed E-state index contributed by atoms with van der Waals surface area (Å²) in [6.07, 6.45) is 0. The fourth-order valence-corrected chi connectivity index (χ4v) is 0.597. The van der Waals surface area contributed by atoms with E-state index in [1.807, 2.05) is 0 Å². The van der Waals surface area contributed by atoms with Crippen LogP contribution < -0.4 is 5.73 Å². The van der Waals surface area contributed by atoms with Crippen LogP contribution in [0.1, 0.15) is 0 Å². The number of carbonyl (C=O) groups excluding carboxylic acids is 1. The molecule has 0 bridgehead atoms. The fourth-order valence-electron chi connectivity index (χ4n) is 0.120. The monoisotopic (exact) mass is 357 g/mol. The predicted molar refractivity (Wildman–Crippen MR) is 35.1 cm³/mol. The molecule has 0 radical (unpaired) electrons. The molecule has 9 heavy (non-hydrogen) atoms. The van der Waals surface area contributed by atoms with Gasteiger partial charge in [0, 0.05) is 0 Å². The molecule has 0 saturated carbocycles. The molecule has 0 amide bonds. The molecule has 6 heteroatoms. The number of carbonyl (C=O) groups is 1. The van der Waals surface area contributed by atoms with Gasteiger partial charge in [0.1, 0.15) is 0 Å². The molecule has 0 saturated heterocycles. The number of rotatable bonds is 2. The number of thiol groups is 1. The van der Waals surface area contributed by atoms with Crippen LogP contribution >= 0.6 is 12.6 Å². The van der Waals surface area contributed by atoms with Crippen molar-refractivity contribution in [3.8, 4) is 0 Å². The van der Waals surface area contributed by atoms with Crippen molar-refractivity contribution in [3.63, 3.8) is 0 Å². The molecule has 0 aromatic carbocycles. The Morgan fingerprint density at radius 2 is 2.33 bits per heavy atom. The van der Waals surface area contributed by atoms with Crippen molar-refractivity contribution >= 4 is 70.0 Å². The van der Waals surface area contributed by atoms with Gasteiger partial charge in [0.2, 0.25) is 0 Å². The van der Waals surface area contributed by atoms with Gasteiger partial charge >= 0.3 is 117 Å². The number of hydrogen-bond acceptors (Lipinski definition) is 4. The van der Waals surface area contributed by atoms with E-state index in [1.165, 1.54) is 0 Å². The second-order valence-corrected chi connectivity index (χ2v) is 1.98. The zero-order chi connectivity index (χ0) is 6.57. The SMILES string of the molecule is N[C@@H](CS)C(=O)[O][Au].[KH]. The van der Waals surface area contributed by atoms with Crippen molar-refractivity contribution in [1.29, 1.82) is 0 Å². The third-order valence-corrected chi connectivity index (χ3v) is 1.39. The van der Waals surface area contributed by atoms with Crippen LogP contribution in [0.5, 0.6) is 0 Å². The Labute approximate surface area is 115 Å². The molecule has 0 aliphatic carbocycles. The Bertz CT molecular complexity index is 93.9. The molecule has 0 rings (SSSR count). The Morgan fingerprint density at radius 1 is 1.89 bits per heavy atom. The Balaban J connectivity index is 0.